The summed E-state index contributed by atoms with van der Waals surface area (Å²) in [5, 5.41) is 0. The molecule has 3 aromatic carbocycles. The lowest BCUT2D eigenvalue weighted by Gasteiger charge is -2.14. The second-order valence-corrected chi connectivity index (χ2v) is 11.0. The number of ether oxygens (including phenoxy) is 4. The Balaban J connectivity index is 1.51. The van der Waals surface area contributed by atoms with Crippen molar-refractivity contribution in [2.75, 3.05) is 20.0 Å². The van der Waals surface area contributed by atoms with Gasteiger partial charge in [-0.05, 0) is 54.8 Å². The zero-order valence-electron chi connectivity index (χ0n) is 22.5. The van der Waals surface area contributed by atoms with Crippen LogP contribution < -0.4 is 14.2 Å². The quantitative estimate of drug-likeness (QED) is 0.234. The van der Waals surface area contributed by atoms with Crippen LogP contribution in [0, 0.1) is 0 Å². The van der Waals surface area contributed by atoms with Crippen LogP contribution in [0.3, 0.4) is 0 Å². The summed E-state index contributed by atoms with van der Waals surface area (Å²) in [4.78, 5) is 16.9. The van der Waals surface area contributed by atoms with Gasteiger partial charge in [-0.1, -0.05) is 18.2 Å². The molecule has 0 spiro atoms. The molecule has 0 radical (unpaired) electrons. The predicted molar refractivity (Wildman–Crippen MR) is 147 cm³/mol. The molecule has 4 rings (SSSR count). The summed E-state index contributed by atoms with van der Waals surface area (Å²) in [6, 6.07) is 17.7. The highest BCUT2D eigenvalue weighted by Crippen LogP contribution is 2.29. The molecular formula is C29H32N2O7S. The van der Waals surface area contributed by atoms with Gasteiger partial charge >= 0.3 is 5.97 Å². The van der Waals surface area contributed by atoms with Crippen molar-refractivity contribution in [1.82, 2.24) is 9.55 Å². The van der Waals surface area contributed by atoms with Crippen molar-refractivity contribution in [2.45, 2.75) is 37.9 Å². The number of carbonyl (C=O) groups is 1. The molecule has 0 atom stereocenters. The van der Waals surface area contributed by atoms with Crippen LogP contribution >= 0.6 is 0 Å². The van der Waals surface area contributed by atoms with E-state index >= 15 is 0 Å². The van der Waals surface area contributed by atoms with Crippen molar-refractivity contribution in [3.8, 4) is 17.2 Å². The average Bonchev–Trinajstić information content (AvgIpc) is 3.24. The van der Waals surface area contributed by atoms with Gasteiger partial charge in [-0.2, -0.15) is 0 Å². The topological polar surface area (TPSA) is 106 Å². The summed E-state index contributed by atoms with van der Waals surface area (Å²) in [5.41, 5.74) is 3.42. The Labute approximate surface area is 228 Å². The zero-order valence-corrected chi connectivity index (χ0v) is 23.3. The van der Waals surface area contributed by atoms with Crippen LogP contribution in [0.1, 0.15) is 30.3 Å². The average molecular weight is 553 g/mol. The summed E-state index contributed by atoms with van der Waals surface area (Å²) < 4.78 is 48.0. The first-order valence-electron chi connectivity index (χ1n) is 12.5. The standard InChI is InChI=1S/C29H32N2O7S/c1-5-36-29(32)15-9-21-8-10-23(17-27(21)38-18-20-6-12-24(13-7-20)39(4,33)34)37-19-28-30-25-14-11-22(35-3)16-26(25)31(28)2/h6-8,10-14,16-17H,5,9,15,18-19H2,1-4H3. The van der Waals surface area contributed by atoms with E-state index in [-0.39, 0.29) is 30.5 Å². The van der Waals surface area contributed by atoms with E-state index in [0.29, 0.717) is 24.5 Å². The first kappa shape index (κ1) is 28.0. The molecule has 1 heterocycles. The van der Waals surface area contributed by atoms with E-state index in [1.54, 1.807) is 44.4 Å². The van der Waals surface area contributed by atoms with Crippen molar-refractivity contribution < 1.29 is 32.2 Å². The molecule has 0 amide bonds. The predicted octanol–water partition coefficient (Wildman–Crippen LogP) is 4.64. The Kier molecular flexibility index (Phi) is 8.75. The molecule has 0 N–H and O–H groups in total. The van der Waals surface area contributed by atoms with Crippen LogP contribution in [0.15, 0.2) is 65.6 Å². The van der Waals surface area contributed by atoms with E-state index in [9.17, 15) is 13.2 Å². The number of carbonyl (C=O) groups excluding carboxylic acids is 1. The third-order valence-corrected chi connectivity index (χ3v) is 7.37. The van der Waals surface area contributed by atoms with E-state index in [2.05, 4.69) is 4.98 Å². The van der Waals surface area contributed by atoms with Gasteiger partial charge in [0, 0.05) is 31.9 Å². The molecule has 0 aliphatic heterocycles. The number of nitrogens with zero attached hydrogens (tertiary/aromatic N) is 2. The van der Waals surface area contributed by atoms with Gasteiger partial charge < -0.3 is 23.5 Å². The van der Waals surface area contributed by atoms with Crippen LogP contribution in [0.25, 0.3) is 11.0 Å². The fourth-order valence-electron chi connectivity index (χ4n) is 4.05. The number of rotatable bonds is 12. The van der Waals surface area contributed by atoms with Gasteiger partial charge in [-0.15, -0.1) is 0 Å². The SMILES string of the molecule is CCOC(=O)CCc1ccc(OCc2nc3ccc(OC)cc3n2C)cc1OCc1ccc(S(C)(=O)=O)cc1. The van der Waals surface area contributed by atoms with E-state index in [4.69, 9.17) is 18.9 Å². The lowest BCUT2D eigenvalue weighted by atomic mass is 10.1. The van der Waals surface area contributed by atoms with Crippen molar-refractivity contribution in [2.24, 2.45) is 7.05 Å². The van der Waals surface area contributed by atoms with Crippen molar-refractivity contribution in [3.05, 3.63) is 77.6 Å². The molecule has 4 aromatic rings. The van der Waals surface area contributed by atoms with Gasteiger partial charge in [-0.25, -0.2) is 13.4 Å². The van der Waals surface area contributed by atoms with Crippen LogP contribution in [-0.2, 0) is 46.1 Å². The lowest BCUT2D eigenvalue weighted by Crippen LogP contribution is -2.07. The smallest absolute Gasteiger partial charge is 0.306 e. The number of hydrogen-bond donors (Lipinski definition) is 0. The number of aryl methyl sites for hydroxylation is 2. The maximum atomic E-state index is 11.9. The van der Waals surface area contributed by atoms with Crippen LogP contribution in [0.2, 0.25) is 0 Å². The maximum Gasteiger partial charge on any atom is 0.306 e. The number of aromatic nitrogens is 2. The largest absolute Gasteiger partial charge is 0.497 e. The zero-order chi connectivity index (χ0) is 28.0. The highest BCUT2D eigenvalue weighted by molar-refractivity contribution is 7.90. The van der Waals surface area contributed by atoms with Crippen molar-refractivity contribution in [3.63, 3.8) is 0 Å². The molecule has 0 saturated carbocycles. The minimum Gasteiger partial charge on any atom is -0.497 e. The second-order valence-electron chi connectivity index (χ2n) is 9.01. The number of esters is 1. The number of hydrogen-bond acceptors (Lipinski definition) is 8. The van der Waals surface area contributed by atoms with Crippen LogP contribution in [0.4, 0.5) is 0 Å². The van der Waals surface area contributed by atoms with Gasteiger partial charge in [0.05, 0.1) is 29.6 Å². The fourth-order valence-corrected chi connectivity index (χ4v) is 4.68. The monoisotopic (exact) mass is 552 g/mol. The summed E-state index contributed by atoms with van der Waals surface area (Å²) in [5.74, 6) is 2.38. The molecular weight excluding hydrogens is 520 g/mol. The second kappa shape index (κ2) is 12.2. The molecule has 0 saturated heterocycles. The summed E-state index contributed by atoms with van der Waals surface area (Å²) in [6.45, 7) is 2.55. The molecule has 1 aromatic heterocycles. The number of methoxy groups -OCH3 is 1. The minimum atomic E-state index is -3.28. The number of imidazole rings is 1. The summed E-state index contributed by atoms with van der Waals surface area (Å²) in [6.07, 6.45) is 1.83. The summed E-state index contributed by atoms with van der Waals surface area (Å²) >= 11 is 0. The molecule has 0 unspecified atom stereocenters. The first-order chi connectivity index (χ1) is 18.7. The third kappa shape index (κ3) is 7.08. The molecule has 10 heteroatoms. The molecule has 0 fully saturated rings. The molecule has 0 bridgehead atoms. The lowest BCUT2D eigenvalue weighted by molar-refractivity contribution is -0.143. The normalized spacial score (nSPS) is 11.4. The third-order valence-electron chi connectivity index (χ3n) is 6.24. The Morgan fingerprint density at radius 1 is 0.949 bits per heavy atom. The van der Waals surface area contributed by atoms with Gasteiger partial charge in [0.15, 0.2) is 9.84 Å². The number of fused-ring (bicyclic) bond motifs is 1. The van der Waals surface area contributed by atoms with Crippen molar-refractivity contribution >= 4 is 26.8 Å². The highest BCUT2D eigenvalue weighted by Gasteiger charge is 2.13. The van der Waals surface area contributed by atoms with Crippen molar-refractivity contribution in [1.29, 1.82) is 0 Å². The van der Waals surface area contributed by atoms with Gasteiger partial charge in [-0.3, -0.25) is 4.79 Å². The highest BCUT2D eigenvalue weighted by atomic mass is 32.2. The Morgan fingerprint density at radius 2 is 1.69 bits per heavy atom. The molecule has 0 aliphatic rings. The summed E-state index contributed by atoms with van der Waals surface area (Å²) in [7, 11) is 0.275. The van der Waals surface area contributed by atoms with Crippen LogP contribution in [-0.4, -0.2) is 43.9 Å². The Morgan fingerprint density at radius 3 is 2.38 bits per heavy atom. The van der Waals surface area contributed by atoms with E-state index < -0.39 is 9.84 Å². The van der Waals surface area contributed by atoms with Gasteiger partial charge in [0.25, 0.3) is 0 Å². The molecule has 9 nitrogen and oxygen atoms in total. The number of benzene rings is 3. The number of sulfone groups is 1. The van der Waals surface area contributed by atoms with Gasteiger partial charge in [0.1, 0.15) is 36.3 Å². The molecule has 39 heavy (non-hydrogen) atoms. The van der Waals surface area contributed by atoms with E-state index in [0.717, 1.165) is 33.7 Å². The first-order valence-corrected chi connectivity index (χ1v) is 14.4. The van der Waals surface area contributed by atoms with Gasteiger partial charge in [0.2, 0.25) is 0 Å². The molecule has 206 valence electrons. The Hall–Kier alpha value is -4.05. The Bertz CT molecular complexity index is 1560. The molecule has 0 aliphatic carbocycles. The minimum absolute atomic E-state index is 0.215. The van der Waals surface area contributed by atoms with Crippen LogP contribution in [0.5, 0.6) is 17.2 Å². The maximum absolute atomic E-state index is 11.9. The fraction of sp³-hybridized carbons (Fsp3) is 0.310. The van der Waals surface area contributed by atoms with E-state index in [1.165, 1.54) is 6.26 Å². The van der Waals surface area contributed by atoms with E-state index in [1.807, 2.05) is 41.9 Å².